The SMILES string of the molecule is Cl.Cl.Cl.Cl.c1nn[nH]n1. The lowest BCUT2D eigenvalue weighted by Crippen LogP contribution is -1.64. The molecule has 1 aromatic heterocycles. The van der Waals surface area contributed by atoms with Gasteiger partial charge in [0.05, 0.1) is 0 Å². The summed E-state index contributed by atoms with van der Waals surface area (Å²) in [5.74, 6) is 0. The third-order valence-electron chi connectivity index (χ3n) is 0.270. The van der Waals surface area contributed by atoms with Crippen LogP contribution in [0.1, 0.15) is 0 Å². The number of aromatic nitrogens is 4. The number of hydrogen-bond donors (Lipinski definition) is 1. The van der Waals surface area contributed by atoms with Crippen molar-refractivity contribution in [3.05, 3.63) is 6.33 Å². The van der Waals surface area contributed by atoms with E-state index in [-0.39, 0.29) is 49.6 Å². The molecule has 1 heterocycles. The van der Waals surface area contributed by atoms with E-state index in [1.165, 1.54) is 6.33 Å². The Hall–Kier alpha value is 0.230. The lowest BCUT2D eigenvalue weighted by Gasteiger charge is -1.44. The van der Waals surface area contributed by atoms with Gasteiger partial charge in [-0.2, -0.15) is 5.21 Å². The molecule has 0 aliphatic heterocycles. The summed E-state index contributed by atoms with van der Waals surface area (Å²) in [7, 11) is 0. The predicted octanol–water partition coefficient (Wildman–Crippen LogP) is 0.887. The third-order valence-corrected chi connectivity index (χ3v) is 0.270. The minimum absolute atomic E-state index is 0. The van der Waals surface area contributed by atoms with Crippen LogP contribution in [0.25, 0.3) is 0 Å². The van der Waals surface area contributed by atoms with Gasteiger partial charge in [0.1, 0.15) is 0 Å². The second-order valence-electron chi connectivity index (χ2n) is 0.560. The number of hydrogen-bond acceptors (Lipinski definition) is 3. The smallest absolute Gasteiger partial charge is 0.161 e. The van der Waals surface area contributed by atoms with Crippen LogP contribution in [0, 0.1) is 0 Å². The largest absolute Gasteiger partial charge is 0.177 e. The van der Waals surface area contributed by atoms with Crippen molar-refractivity contribution in [1.29, 1.82) is 0 Å². The lowest BCUT2D eigenvalue weighted by molar-refractivity contribution is 0.881. The Morgan fingerprint density at radius 1 is 1.00 bits per heavy atom. The van der Waals surface area contributed by atoms with Crippen molar-refractivity contribution in [2.24, 2.45) is 0 Å². The van der Waals surface area contributed by atoms with Crippen LogP contribution in [0.4, 0.5) is 0 Å². The van der Waals surface area contributed by atoms with Gasteiger partial charge in [-0.05, 0) is 0 Å². The molecule has 0 amide bonds. The fourth-order valence-electron chi connectivity index (χ4n) is 0.129. The van der Waals surface area contributed by atoms with E-state index in [0.717, 1.165) is 0 Å². The first-order valence-electron chi connectivity index (χ1n) is 1.16. The van der Waals surface area contributed by atoms with Crippen LogP contribution in [0.3, 0.4) is 0 Å². The lowest BCUT2D eigenvalue weighted by atomic mass is 11.4. The van der Waals surface area contributed by atoms with Crippen molar-refractivity contribution in [3.63, 3.8) is 0 Å². The second kappa shape index (κ2) is 15.7. The molecule has 0 aliphatic carbocycles. The molecule has 4 nitrogen and oxygen atoms in total. The highest BCUT2D eigenvalue weighted by Crippen LogP contribution is 1.43. The second-order valence-corrected chi connectivity index (χ2v) is 0.560. The van der Waals surface area contributed by atoms with Crippen LogP contribution >= 0.6 is 49.6 Å². The highest BCUT2D eigenvalue weighted by Gasteiger charge is 1.58. The fourth-order valence-corrected chi connectivity index (χ4v) is 0.129. The van der Waals surface area contributed by atoms with Crippen LogP contribution in [0.5, 0.6) is 0 Å². The molecule has 0 radical (unpaired) electrons. The summed E-state index contributed by atoms with van der Waals surface area (Å²) < 4.78 is 0. The number of aromatic amines is 1. The van der Waals surface area contributed by atoms with Crippen LogP contribution < -0.4 is 0 Å². The molecule has 0 saturated heterocycles. The number of tetrazole rings is 1. The molecule has 58 valence electrons. The molecule has 0 fully saturated rings. The summed E-state index contributed by atoms with van der Waals surface area (Å²) >= 11 is 0. The minimum Gasteiger partial charge on any atom is -0.177 e. The first kappa shape index (κ1) is 22.9. The highest BCUT2D eigenvalue weighted by atomic mass is 35.5. The zero-order valence-electron chi connectivity index (χ0n) is 4.05. The number of halogens is 4. The Morgan fingerprint density at radius 3 is 1.67 bits per heavy atom. The molecule has 1 aromatic rings. The number of H-pyrrole nitrogens is 1. The van der Waals surface area contributed by atoms with Crippen molar-refractivity contribution in [2.75, 3.05) is 0 Å². The number of nitrogens with zero attached hydrogens (tertiary/aromatic N) is 3. The van der Waals surface area contributed by atoms with Crippen molar-refractivity contribution < 1.29 is 0 Å². The quantitative estimate of drug-likeness (QED) is 0.700. The molecular formula is CH6Cl4N4. The van der Waals surface area contributed by atoms with E-state index in [1.54, 1.807) is 0 Å². The van der Waals surface area contributed by atoms with Gasteiger partial charge in [-0.1, -0.05) is 5.21 Å². The van der Waals surface area contributed by atoms with Gasteiger partial charge >= 0.3 is 0 Å². The maximum atomic E-state index is 3.38. The van der Waals surface area contributed by atoms with Crippen LogP contribution in [0.2, 0.25) is 0 Å². The van der Waals surface area contributed by atoms with Crippen LogP contribution in [0.15, 0.2) is 6.33 Å². The molecule has 0 spiro atoms. The molecule has 9 heavy (non-hydrogen) atoms. The van der Waals surface area contributed by atoms with Gasteiger partial charge in [0.25, 0.3) is 0 Å². The number of rotatable bonds is 0. The summed E-state index contributed by atoms with van der Waals surface area (Å²) in [5, 5.41) is 12.2. The van der Waals surface area contributed by atoms with E-state index in [0.29, 0.717) is 0 Å². The normalized spacial score (nSPS) is 4.44. The molecule has 0 atom stereocenters. The zero-order valence-corrected chi connectivity index (χ0v) is 7.32. The summed E-state index contributed by atoms with van der Waals surface area (Å²) in [4.78, 5) is 0. The van der Waals surface area contributed by atoms with Gasteiger partial charge in [0.2, 0.25) is 0 Å². The Bertz CT molecular complexity index is 69.0. The minimum atomic E-state index is 0. The monoisotopic (exact) mass is 214 g/mol. The average molecular weight is 216 g/mol. The summed E-state index contributed by atoms with van der Waals surface area (Å²) in [5.41, 5.74) is 0. The molecule has 1 rings (SSSR count). The molecule has 0 bridgehead atoms. The molecule has 0 aromatic carbocycles. The summed E-state index contributed by atoms with van der Waals surface area (Å²) in [6.07, 6.45) is 1.33. The fraction of sp³-hybridized carbons (Fsp3) is 0. The maximum Gasteiger partial charge on any atom is 0.161 e. The average Bonchev–Trinajstić information content (AvgIpc) is 1.76. The van der Waals surface area contributed by atoms with E-state index in [9.17, 15) is 0 Å². The summed E-state index contributed by atoms with van der Waals surface area (Å²) in [6.45, 7) is 0. The van der Waals surface area contributed by atoms with E-state index >= 15 is 0 Å². The van der Waals surface area contributed by atoms with Crippen molar-refractivity contribution in [3.8, 4) is 0 Å². The molecule has 0 aliphatic rings. The molecule has 8 heteroatoms. The first-order chi connectivity index (χ1) is 2.50. The van der Waals surface area contributed by atoms with E-state index in [1.807, 2.05) is 0 Å². The maximum absolute atomic E-state index is 3.38. The molecule has 1 N–H and O–H groups in total. The standard InChI is InChI=1S/CH2N4.4ClH/c1-2-4-5-3-1;;;;/h1H,(H,2,3,4,5);4*1H. The van der Waals surface area contributed by atoms with Gasteiger partial charge < -0.3 is 0 Å². The van der Waals surface area contributed by atoms with E-state index in [2.05, 4.69) is 20.6 Å². The van der Waals surface area contributed by atoms with Gasteiger partial charge in [-0.15, -0.1) is 59.8 Å². The predicted molar refractivity (Wildman–Crippen MR) is 43.2 cm³/mol. The van der Waals surface area contributed by atoms with Crippen LogP contribution in [-0.2, 0) is 0 Å². The Labute approximate surface area is 76.8 Å². The summed E-state index contributed by atoms with van der Waals surface area (Å²) in [6, 6.07) is 0. The topological polar surface area (TPSA) is 54.5 Å². The molecular weight excluding hydrogens is 210 g/mol. The van der Waals surface area contributed by atoms with E-state index < -0.39 is 0 Å². The number of nitrogens with one attached hydrogen (secondary N) is 1. The van der Waals surface area contributed by atoms with Crippen molar-refractivity contribution >= 4 is 49.6 Å². The van der Waals surface area contributed by atoms with Crippen LogP contribution in [-0.4, -0.2) is 20.6 Å². The molecule has 0 saturated carbocycles. The Kier molecular flexibility index (Phi) is 39.9. The first-order valence-corrected chi connectivity index (χ1v) is 1.16. The zero-order chi connectivity index (χ0) is 3.54. The third kappa shape index (κ3) is 11.7. The highest BCUT2D eigenvalue weighted by molar-refractivity contribution is 5.86. The Morgan fingerprint density at radius 2 is 1.56 bits per heavy atom. The Balaban J connectivity index is -0.0000000312. The van der Waals surface area contributed by atoms with Crippen molar-refractivity contribution in [2.45, 2.75) is 0 Å². The van der Waals surface area contributed by atoms with Gasteiger partial charge in [0.15, 0.2) is 6.33 Å². The van der Waals surface area contributed by atoms with Gasteiger partial charge in [0, 0.05) is 0 Å². The van der Waals surface area contributed by atoms with Gasteiger partial charge in [-0.25, -0.2) is 0 Å². The van der Waals surface area contributed by atoms with Crippen molar-refractivity contribution in [1.82, 2.24) is 20.6 Å². The van der Waals surface area contributed by atoms with E-state index in [4.69, 9.17) is 0 Å². The van der Waals surface area contributed by atoms with Gasteiger partial charge in [-0.3, -0.25) is 0 Å². The molecule has 0 unspecified atom stereocenters.